The van der Waals surface area contributed by atoms with Gasteiger partial charge in [-0.3, -0.25) is 19.4 Å². The van der Waals surface area contributed by atoms with Crippen molar-refractivity contribution in [2.24, 2.45) is 5.92 Å². The van der Waals surface area contributed by atoms with Crippen LogP contribution in [0.2, 0.25) is 0 Å². The van der Waals surface area contributed by atoms with Gasteiger partial charge in [-0.15, -0.1) is 0 Å². The Morgan fingerprint density at radius 2 is 1.18 bits per heavy atom. The van der Waals surface area contributed by atoms with E-state index in [0.29, 0.717) is 19.0 Å². The Morgan fingerprint density at radius 3 is 1.64 bits per heavy atom. The van der Waals surface area contributed by atoms with E-state index in [4.69, 9.17) is 9.47 Å². The summed E-state index contributed by atoms with van der Waals surface area (Å²) in [6.45, 7) is 18.3. The van der Waals surface area contributed by atoms with E-state index < -0.39 is 0 Å². The van der Waals surface area contributed by atoms with Crippen LogP contribution < -0.4 is 5.32 Å². The third-order valence-corrected chi connectivity index (χ3v) is 10.4. The van der Waals surface area contributed by atoms with E-state index >= 15 is 0 Å². The van der Waals surface area contributed by atoms with Crippen LogP contribution in [0, 0.1) is 5.92 Å². The molecule has 1 atom stereocenters. The molecule has 1 saturated carbocycles. The van der Waals surface area contributed by atoms with Gasteiger partial charge in [-0.05, 0) is 88.7 Å². The van der Waals surface area contributed by atoms with E-state index in [1.165, 1.54) is 19.3 Å². The maximum atomic E-state index is 13.6. The van der Waals surface area contributed by atoms with Gasteiger partial charge in [0.15, 0.2) is 0 Å². The molecule has 3 aliphatic rings. The molecular formula is C32H59N3O4. The fourth-order valence-electron chi connectivity index (χ4n) is 7.44. The van der Waals surface area contributed by atoms with Gasteiger partial charge in [0.25, 0.3) is 0 Å². The lowest BCUT2D eigenvalue weighted by Crippen LogP contribution is -2.60. The average molecular weight is 550 g/mol. The first kappa shape index (κ1) is 32.3. The highest BCUT2D eigenvalue weighted by Gasteiger charge is 2.46. The first-order valence-corrected chi connectivity index (χ1v) is 15.5. The summed E-state index contributed by atoms with van der Waals surface area (Å²) >= 11 is 0. The van der Waals surface area contributed by atoms with Gasteiger partial charge < -0.3 is 14.8 Å². The zero-order valence-electron chi connectivity index (χ0n) is 26.8. The minimum atomic E-state index is -0.351. The zero-order valence-corrected chi connectivity index (χ0v) is 26.8. The molecule has 226 valence electrons. The first-order valence-electron chi connectivity index (χ1n) is 15.5. The molecule has 7 nitrogen and oxygen atoms in total. The monoisotopic (exact) mass is 549 g/mol. The highest BCUT2D eigenvalue weighted by Crippen LogP contribution is 2.39. The number of esters is 2. The van der Waals surface area contributed by atoms with Crippen molar-refractivity contribution in [1.82, 2.24) is 15.1 Å². The second kappa shape index (κ2) is 12.4. The third-order valence-electron chi connectivity index (χ3n) is 10.4. The van der Waals surface area contributed by atoms with Crippen molar-refractivity contribution in [3.05, 3.63) is 0 Å². The van der Waals surface area contributed by atoms with Crippen LogP contribution in [-0.4, -0.2) is 82.8 Å². The molecule has 0 aromatic rings. The molecule has 0 aromatic heterocycles. The molecule has 0 bridgehead atoms. The van der Waals surface area contributed by atoms with Crippen LogP contribution in [0.3, 0.4) is 0 Å². The van der Waals surface area contributed by atoms with Gasteiger partial charge in [-0.25, -0.2) is 0 Å². The summed E-state index contributed by atoms with van der Waals surface area (Å²) in [4.78, 5) is 31.4. The van der Waals surface area contributed by atoms with E-state index in [9.17, 15) is 9.59 Å². The molecule has 2 aliphatic heterocycles. The predicted molar refractivity (Wildman–Crippen MR) is 158 cm³/mol. The molecule has 1 aliphatic carbocycles. The molecule has 7 heteroatoms. The quantitative estimate of drug-likeness (QED) is 0.370. The van der Waals surface area contributed by atoms with Gasteiger partial charge >= 0.3 is 11.9 Å². The number of carbonyl (C=O) groups is 2. The molecule has 1 N–H and O–H groups in total. The van der Waals surface area contributed by atoms with E-state index in [2.05, 4.69) is 84.6 Å². The summed E-state index contributed by atoms with van der Waals surface area (Å²) in [5.74, 6) is -0.724. The van der Waals surface area contributed by atoms with E-state index in [1.54, 1.807) is 0 Å². The summed E-state index contributed by atoms with van der Waals surface area (Å²) in [5, 5.41) is 3.64. The van der Waals surface area contributed by atoms with Crippen molar-refractivity contribution in [2.75, 3.05) is 20.6 Å². The van der Waals surface area contributed by atoms with Crippen LogP contribution in [0.15, 0.2) is 0 Å². The van der Waals surface area contributed by atoms with Gasteiger partial charge in [-0.2, -0.15) is 0 Å². The number of likely N-dealkylation sites (tertiary alicyclic amines) is 2. The summed E-state index contributed by atoms with van der Waals surface area (Å²) < 4.78 is 12.2. The van der Waals surface area contributed by atoms with Crippen molar-refractivity contribution in [2.45, 2.75) is 166 Å². The van der Waals surface area contributed by atoms with Gasteiger partial charge in [-0.1, -0.05) is 19.3 Å². The summed E-state index contributed by atoms with van der Waals surface area (Å²) in [6.07, 6.45) is 9.80. The number of nitrogens with one attached hydrogen (secondary N) is 1. The van der Waals surface area contributed by atoms with Crippen molar-refractivity contribution in [1.29, 1.82) is 0 Å². The Hall–Kier alpha value is -1.18. The molecule has 0 spiro atoms. The topological polar surface area (TPSA) is 71.1 Å². The number of ether oxygens (including phenoxy) is 2. The second-order valence-electron chi connectivity index (χ2n) is 15.3. The molecule has 2 heterocycles. The summed E-state index contributed by atoms with van der Waals surface area (Å²) in [6, 6.07) is 0.450. The van der Waals surface area contributed by atoms with E-state index in [0.717, 1.165) is 38.5 Å². The molecule has 39 heavy (non-hydrogen) atoms. The minimum absolute atomic E-state index is 0.0431. The van der Waals surface area contributed by atoms with Crippen LogP contribution >= 0.6 is 0 Å². The van der Waals surface area contributed by atoms with Gasteiger partial charge in [0.05, 0.1) is 5.92 Å². The van der Waals surface area contributed by atoms with Crippen LogP contribution in [0.4, 0.5) is 0 Å². The fourth-order valence-corrected chi connectivity index (χ4v) is 7.44. The zero-order chi connectivity index (χ0) is 29.2. The lowest BCUT2D eigenvalue weighted by Gasteiger charge is -2.53. The molecule has 3 fully saturated rings. The Bertz CT molecular complexity index is 810. The number of nitrogens with zero attached hydrogens (tertiary/aromatic N) is 2. The highest BCUT2D eigenvalue weighted by atomic mass is 16.5. The molecule has 0 amide bonds. The number of hydrogen-bond donors (Lipinski definition) is 1. The summed E-state index contributed by atoms with van der Waals surface area (Å²) in [5.41, 5.74) is -0.193. The molecule has 1 unspecified atom stereocenters. The largest absolute Gasteiger partial charge is 0.462 e. The lowest BCUT2D eigenvalue weighted by atomic mass is 9.78. The Morgan fingerprint density at radius 1 is 0.744 bits per heavy atom. The van der Waals surface area contributed by atoms with Crippen LogP contribution in [0.25, 0.3) is 0 Å². The first-order chi connectivity index (χ1) is 17.9. The molecule has 3 rings (SSSR count). The van der Waals surface area contributed by atoms with Crippen molar-refractivity contribution < 1.29 is 19.1 Å². The Labute approximate surface area is 239 Å². The highest BCUT2D eigenvalue weighted by molar-refractivity contribution is 5.75. The van der Waals surface area contributed by atoms with Crippen molar-refractivity contribution >= 4 is 11.9 Å². The maximum Gasteiger partial charge on any atom is 0.310 e. The van der Waals surface area contributed by atoms with Gasteiger partial charge in [0.2, 0.25) is 0 Å². The van der Waals surface area contributed by atoms with Crippen molar-refractivity contribution in [3.63, 3.8) is 0 Å². The SMILES string of the molecule is CN1C(C)(C)CC(OC(=O)CCC(CNC2CCCCC2)C(=O)OC2CC(C)(C)N(C)C(C)(C)C2)CC1(C)C. The smallest absolute Gasteiger partial charge is 0.310 e. The number of rotatable bonds is 9. The third kappa shape index (κ3) is 8.42. The second-order valence-corrected chi connectivity index (χ2v) is 15.3. The minimum Gasteiger partial charge on any atom is -0.462 e. The standard InChI is InChI=1S/C32H59N3O4/c1-29(2)18-25(19-30(3,4)34(29)9)38-27(36)17-16-23(22-33-24-14-12-11-13-15-24)28(37)39-26-20-31(5,6)35(10)32(7,8)21-26/h23-26,33H,11-22H2,1-10H3. The van der Waals surface area contributed by atoms with Crippen LogP contribution in [-0.2, 0) is 19.1 Å². The molecule has 2 saturated heterocycles. The maximum absolute atomic E-state index is 13.6. The van der Waals surface area contributed by atoms with Crippen LogP contribution in [0.5, 0.6) is 0 Å². The summed E-state index contributed by atoms with van der Waals surface area (Å²) in [7, 11) is 4.31. The van der Waals surface area contributed by atoms with E-state index in [-0.39, 0.29) is 58.6 Å². The Kier molecular flexibility index (Phi) is 10.2. The number of hydrogen-bond acceptors (Lipinski definition) is 7. The lowest BCUT2D eigenvalue weighted by molar-refractivity contribution is -0.164. The van der Waals surface area contributed by atoms with Crippen molar-refractivity contribution in [3.8, 4) is 0 Å². The van der Waals surface area contributed by atoms with Gasteiger partial charge in [0.1, 0.15) is 12.2 Å². The molecule has 0 radical (unpaired) electrons. The fraction of sp³-hybridized carbons (Fsp3) is 0.938. The number of carbonyl (C=O) groups excluding carboxylic acids is 2. The number of piperidine rings is 2. The molecule has 0 aromatic carbocycles. The average Bonchev–Trinajstić information content (AvgIpc) is 2.80. The Balaban J connectivity index is 1.61. The molecular weight excluding hydrogens is 490 g/mol. The predicted octanol–water partition coefficient (Wildman–Crippen LogP) is 5.69. The van der Waals surface area contributed by atoms with Gasteiger partial charge in [0, 0.05) is 66.8 Å². The van der Waals surface area contributed by atoms with Crippen LogP contribution in [0.1, 0.15) is 126 Å². The normalized spacial score (nSPS) is 27.1. The van der Waals surface area contributed by atoms with E-state index in [1.807, 2.05) is 0 Å².